The van der Waals surface area contributed by atoms with Gasteiger partial charge in [0.15, 0.2) is 0 Å². The van der Waals surface area contributed by atoms with Crippen LogP contribution in [0.2, 0.25) is 0 Å². The Balaban J connectivity index is 1.65. The van der Waals surface area contributed by atoms with E-state index in [1.807, 2.05) is 72.1 Å². The van der Waals surface area contributed by atoms with Crippen LogP contribution < -0.4 is 10.2 Å². The molecule has 0 aliphatic carbocycles. The number of fused-ring (bicyclic) bond motifs is 1. The molecular formula is C25H23N3O2S. The predicted octanol–water partition coefficient (Wildman–Crippen LogP) is 5.91. The van der Waals surface area contributed by atoms with Gasteiger partial charge in [0.2, 0.25) is 0 Å². The van der Waals surface area contributed by atoms with Crippen molar-refractivity contribution in [3.8, 4) is 17.0 Å². The van der Waals surface area contributed by atoms with Gasteiger partial charge in [-0.05, 0) is 42.1 Å². The minimum absolute atomic E-state index is 0.275. The molecule has 0 unspecified atom stereocenters. The third-order valence-corrected chi connectivity index (χ3v) is 5.57. The van der Waals surface area contributed by atoms with Crippen molar-refractivity contribution >= 4 is 34.4 Å². The molecule has 2 aromatic heterocycles. The first-order chi connectivity index (χ1) is 15.2. The summed E-state index contributed by atoms with van der Waals surface area (Å²) in [4.78, 5) is 18.7. The third-order valence-electron chi connectivity index (χ3n) is 4.76. The van der Waals surface area contributed by atoms with Crippen molar-refractivity contribution in [3.05, 3.63) is 82.6 Å². The minimum Gasteiger partial charge on any atom is -0.494 e. The number of nitrogens with one attached hydrogen (secondary N) is 1. The van der Waals surface area contributed by atoms with Crippen LogP contribution >= 0.6 is 11.3 Å². The van der Waals surface area contributed by atoms with Gasteiger partial charge in [-0.1, -0.05) is 49.7 Å². The lowest BCUT2D eigenvalue weighted by Gasteiger charge is -2.10. The van der Waals surface area contributed by atoms with E-state index in [1.165, 1.54) is 0 Å². The summed E-state index contributed by atoms with van der Waals surface area (Å²) < 4.78 is 5.84. The van der Waals surface area contributed by atoms with E-state index in [2.05, 4.69) is 17.5 Å². The molecule has 1 amide bonds. The molecule has 0 aliphatic rings. The van der Waals surface area contributed by atoms with Gasteiger partial charge in [-0.2, -0.15) is 5.10 Å². The number of unbranched alkanes of at least 4 members (excludes halogenated alkanes) is 1. The summed E-state index contributed by atoms with van der Waals surface area (Å²) in [5.74, 6) is 0.524. The SMILES string of the molecule is CCCCOc1cccc(-c2cc(C(=O)NN=Cc3cccs3)c3ccccc3n2)c1. The summed E-state index contributed by atoms with van der Waals surface area (Å²) in [7, 11) is 0. The maximum Gasteiger partial charge on any atom is 0.272 e. The number of amides is 1. The van der Waals surface area contributed by atoms with E-state index in [1.54, 1.807) is 17.6 Å². The molecule has 4 rings (SSSR count). The maximum absolute atomic E-state index is 12.9. The average molecular weight is 430 g/mol. The van der Waals surface area contributed by atoms with Gasteiger partial charge >= 0.3 is 0 Å². The van der Waals surface area contributed by atoms with Crippen LogP contribution in [0.3, 0.4) is 0 Å². The minimum atomic E-state index is -0.275. The zero-order valence-electron chi connectivity index (χ0n) is 17.2. The highest BCUT2D eigenvalue weighted by atomic mass is 32.1. The predicted molar refractivity (Wildman–Crippen MR) is 127 cm³/mol. The number of nitrogens with zero attached hydrogens (tertiary/aromatic N) is 2. The zero-order valence-corrected chi connectivity index (χ0v) is 18.1. The molecule has 2 heterocycles. The van der Waals surface area contributed by atoms with Crippen LogP contribution in [0.25, 0.3) is 22.2 Å². The number of hydrogen-bond donors (Lipinski definition) is 1. The number of rotatable bonds is 8. The molecule has 0 atom stereocenters. The summed E-state index contributed by atoms with van der Waals surface area (Å²) in [5.41, 5.74) is 5.54. The molecule has 2 aromatic carbocycles. The fourth-order valence-corrected chi connectivity index (χ4v) is 3.76. The molecule has 0 fully saturated rings. The lowest BCUT2D eigenvalue weighted by molar-refractivity contribution is 0.0956. The first-order valence-electron chi connectivity index (χ1n) is 10.2. The summed E-state index contributed by atoms with van der Waals surface area (Å²) in [5, 5.41) is 6.85. The van der Waals surface area contributed by atoms with Crippen molar-refractivity contribution in [2.24, 2.45) is 5.10 Å². The normalized spacial score (nSPS) is 11.1. The van der Waals surface area contributed by atoms with Gasteiger partial charge in [0, 0.05) is 15.8 Å². The smallest absolute Gasteiger partial charge is 0.272 e. The fourth-order valence-electron chi connectivity index (χ4n) is 3.17. The second-order valence-corrected chi connectivity index (χ2v) is 8.00. The number of ether oxygens (including phenoxy) is 1. The van der Waals surface area contributed by atoms with Gasteiger partial charge in [-0.15, -0.1) is 11.3 Å². The van der Waals surface area contributed by atoms with E-state index in [4.69, 9.17) is 9.72 Å². The van der Waals surface area contributed by atoms with Crippen molar-refractivity contribution < 1.29 is 9.53 Å². The Morgan fingerprint density at radius 3 is 2.87 bits per heavy atom. The summed E-state index contributed by atoms with van der Waals surface area (Å²) in [6.45, 7) is 2.82. The van der Waals surface area contributed by atoms with Gasteiger partial charge in [0.25, 0.3) is 5.91 Å². The van der Waals surface area contributed by atoms with Crippen LogP contribution in [0.1, 0.15) is 35.0 Å². The average Bonchev–Trinajstić information content (AvgIpc) is 3.32. The number of thiophene rings is 1. The molecule has 5 nitrogen and oxygen atoms in total. The number of benzene rings is 2. The van der Waals surface area contributed by atoms with Gasteiger partial charge in [-0.25, -0.2) is 10.4 Å². The molecule has 0 spiro atoms. The first kappa shape index (κ1) is 20.8. The number of hydrazone groups is 1. The summed E-state index contributed by atoms with van der Waals surface area (Å²) >= 11 is 1.56. The Bertz CT molecular complexity index is 1200. The molecule has 0 radical (unpaired) electrons. The van der Waals surface area contributed by atoms with Crippen molar-refractivity contribution in [3.63, 3.8) is 0 Å². The van der Waals surface area contributed by atoms with Crippen LogP contribution in [0.15, 0.2) is 77.2 Å². The van der Waals surface area contributed by atoms with E-state index >= 15 is 0 Å². The Hall–Kier alpha value is -3.51. The second-order valence-electron chi connectivity index (χ2n) is 7.02. The van der Waals surface area contributed by atoms with Crippen molar-refractivity contribution in [2.75, 3.05) is 6.61 Å². The largest absolute Gasteiger partial charge is 0.494 e. The van der Waals surface area contributed by atoms with Crippen LogP contribution in [0.4, 0.5) is 0 Å². The van der Waals surface area contributed by atoms with Crippen LogP contribution in [-0.4, -0.2) is 23.7 Å². The molecule has 0 saturated heterocycles. The van der Waals surface area contributed by atoms with Crippen LogP contribution in [-0.2, 0) is 0 Å². The Labute approximate surface area is 185 Å². The number of aromatic nitrogens is 1. The highest BCUT2D eigenvalue weighted by Crippen LogP contribution is 2.27. The Morgan fingerprint density at radius 2 is 2.03 bits per heavy atom. The molecule has 6 heteroatoms. The standard InChI is InChI=1S/C25H23N3O2S/c1-2-3-13-30-19-9-6-8-18(15-19)24-16-22(21-11-4-5-12-23(21)27-24)25(29)28-26-17-20-10-7-14-31-20/h4-12,14-17H,2-3,13H2,1H3,(H,28,29). The van der Waals surface area contributed by atoms with E-state index in [-0.39, 0.29) is 5.91 Å². The van der Waals surface area contributed by atoms with Crippen LogP contribution in [0.5, 0.6) is 5.75 Å². The topological polar surface area (TPSA) is 63.6 Å². The zero-order chi connectivity index (χ0) is 21.5. The number of hydrogen-bond acceptors (Lipinski definition) is 5. The molecule has 1 N–H and O–H groups in total. The van der Waals surface area contributed by atoms with Gasteiger partial charge < -0.3 is 4.74 Å². The number of carbonyl (C=O) groups excluding carboxylic acids is 1. The van der Waals surface area contributed by atoms with E-state index in [9.17, 15) is 4.79 Å². The highest BCUT2D eigenvalue weighted by Gasteiger charge is 2.14. The van der Waals surface area contributed by atoms with Crippen LogP contribution in [0, 0.1) is 0 Å². The second kappa shape index (κ2) is 10.00. The molecule has 156 valence electrons. The summed E-state index contributed by atoms with van der Waals surface area (Å²) in [6, 6.07) is 21.1. The van der Waals surface area contributed by atoms with Crippen molar-refractivity contribution in [2.45, 2.75) is 19.8 Å². The lowest BCUT2D eigenvalue weighted by Crippen LogP contribution is -2.18. The Kier molecular flexibility index (Phi) is 6.69. The molecule has 31 heavy (non-hydrogen) atoms. The van der Waals surface area contributed by atoms with E-state index < -0.39 is 0 Å². The van der Waals surface area contributed by atoms with E-state index in [0.717, 1.165) is 39.9 Å². The molecule has 4 aromatic rings. The van der Waals surface area contributed by atoms with Gasteiger partial charge in [-0.3, -0.25) is 4.79 Å². The van der Waals surface area contributed by atoms with Crippen molar-refractivity contribution in [1.29, 1.82) is 0 Å². The molecule has 0 saturated carbocycles. The lowest BCUT2D eigenvalue weighted by atomic mass is 10.0. The summed E-state index contributed by atoms with van der Waals surface area (Å²) in [6.07, 6.45) is 3.73. The number of para-hydroxylation sites is 1. The Morgan fingerprint density at radius 1 is 1.13 bits per heavy atom. The molecule has 0 aliphatic heterocycles. The number of pyridine rings is 1. The molecule has 0 bridgehead atoms. The van der Waals surface area contributed by atoms with Gasteiger partial charge in [0.05, 0.1) is 29.6 Å². The quantitative estimate of drug-likeness (QED) is 0.215. The number of carbonyl (C=O) groups is 1. The van der Waals surface area contributed by atoms with Gasteiger partial charge in [0.1, 0.15) is 5.75 Å². The molecular weight excluding hydrogens is 406 g/mol. The fraction of sp³-hybridized carbons (Fsp3) is 0.160. The highest BCUT2D eigenvalue weighted by molar-refractivity contribution is 7.11. The maximum atomic E-state index is 12.9. The monoisotopic (exact) mass is 429 g/mol. The van der Waals surface area contributed by atoms with Crippen molar-refractivity contribution in [1.82, 2.24) is 10.4 Å². The first-order valence-corrected chi connectivity index (χ1v) is 11.1. The third kappa shape index (κ3) is 5.16. The van der Waals surface area contributed by atoms with E-state index in [0.29, 0.717) is 17.9 Å².